The van der Waals surface area contributed by atoms with Gasteiger partial charge < -0.3 is 9.64 Å². The van der Waals surface area contributed by atoms with Crippen molar-refractivity contribution in [1.82, 2.24) is 9.80 Å². The summed E-state index contributed by atoms with van der Waals surface area (Å²) in [5.41, 5.74) is -0.311. The highest BCUT2D eigenvalue weighted by molar-refractivity contribution is 5.27. The summed E-state index contributed by atoms with van der Waals surface area (Å²) in [7, 11) is 1.78. The van der Waals surface area contributed by atoms with Crippen LogP contribution in [0.25, 0.3) is 0 Å². The van der Waals surface area contributed by atoms with Crippen LogP contribution in [0.15, 0.2) is 24.3 Å². The Bertz CT molecular complexity index is 280. The summed E-state index contributed by atoms with van der Waals surface area (Å²) in [5.74, 6) is 0. The summed E-state index contributed by atoms with van der Waals surface area (Å²) in [5, 5.41) is 0. The lowest BCUT2D eigenvalue weighted by Gasteiger charge is -2.45. The summed E-state index contributed by atoms with van der Waals surface area (Å²) in [4.78, 5) is 4.88. The summed E-state index contributed by atoms with van der Waals surface area (Å²) in [6.07, 6.45) is 10.4. The Morgan fingerprint density at radius 1 is 1.12 bits per heavy atom. The molecule has 0 bridgehead atoms. The second-order valence-electron chi connectivity index (χ2n) is 4.29. The standard InChI is InChI=1S/C13H21N2O/c1-3-14-9-11-15(12-10-14)13(16-2)7-5-4-6-8-13/h4-8H,3,9-12H2,1-2H3. The van der Waals surface area contributed by atoms with Crippen LogP contribution < -0.4 is 0 Å². The fourth-order valence-electron chi connectivity index (χ4n) is 2.40. The molecule has 1 aliphatic carbocycles. The molecule has 0 saturated carbocycles. The van der Waals surface area contributed by atoms with Gasteiger partial charge in [-0.25, -0.2) is 0 Å². The quantitative estimate of drug-likeness (QED) is 0.714. The molecule has 3 heteroatoms. The van der Waals surface area contributed by atoms with E-state index in [0.717, 1.165) is 32.7 Å². The molecule has 0 N–H and O–H groups in total. The molecule has 1 heterocycles. The Kier molecular flexibility index (Phi) is 3.79. The van der Waals surface area contributed by atoms with Gasteiger partial charge >= 0.3 is 0 Å². The SMILES string of the molecule is CCN1CCN(C2(OC)[CH]C=CC=C2)CC1. The first-order chi connectivity index (χ1) is 7.80. The normalized spacial score (nSPS) is 32.1. The number of methoxy groups -OCH3 is 1. The van der Waals surface area contributed by atoms with Crippen molar-refractivity contribution in [3.63, 3.8) is 0 Å². The lowest BCUT2D eigenvalue weighted by Crippen LogP contribution is -2.57. The number of allylic oxidation sites excluding steroid dienone is 2. The molecule has 1 fully saturated rings. The van der Waals surface area contributed by atoms with E-state index in [1.54, 1.807) is 7.11 Å². The first-order valence-electron chi connectivity index (χ1n) is 6.03. The number of hydrogen-bond donors (Lipinski definition) is 0. The molecule has 1 saturated heterocycles. The number of ether oxygens (including phenoxy) is 1. The molecule has 0 aromatic carbocycles. The Hall–Kier alpha value is -0.640. The van der Waals surface area contributed by atoms with Crippen molar-refractivity contribution >= 4 is 0 Å². The van der Waals surface area contributed by atoms with E-state index in [4.69, 9.17) is 4.74 Å². The van der Waals surface area contributed by atoms with Crippen LogP contribution in [0.2, 0.25) is 0 Å². The third-order valence-electron chi connectivity index (χ3n) is 3.53. The lowest BCUT2D eigenvalue weighted by molar-refractivity contribution is -0.0886. The molecular weight excluding hydrogens is 200 g/mol. The molecule has 2 rings (SSSR count). The summed E-state index contributed by atoms with van der Waals surface area (Å²) in [6.45, 7) is 7.76. The summed E-state index contributed by atoms with van der Waals surface area (Å²) < 4.78 is 5.70. The van der Waals surface area contributed by atoms with E-state index < -0.39 is 0 Å². The zero-order chi connectivity index (χ0) is 11.4. The van der Waals surface area contributed by atoms with Gasteiger partial charge in [-0.05, 0) is 12.6 Å². The second kappa shape index (κ2) is 5.13. The predicted molar refractivity (Wildman–Crippen MR) is 66.0 cm³/mol. The Morgan fingerprint density at radius 2 is 1.88 bits per heavy atom. The van der Waals surface area contributed by atoms with Crippen molar-refractivity contribution in [2.24, 2.45) is 0 Å². The monoisotopic (exact) mass is 221 g/mol. The van der Waals surface area contributed by atoms with E-state index in [2.05, 4.69) is 41.4 Å². The molecule has 0 aromatic heterocycles. The third-order valence-corrected chi connectivity index (χ3v) is 3.53. The van der Waals surface area contributed by atoms with E-state index in [1.807, 2.05) is 6.08 Å². The van der Waals surface area contributed by atoms with Crippen LogP contribution >= 0.6 is 0 Å². The van der Waals surface area contributed by atoms with E-state index in [0.29, 0.717) is 0 Å². The molecule has 1 radical (unpaired) electrons. The molecule has 0 spiro atoms. The van der Waals surface area contributed by atoms with Gasteiger partial charge in [0.15, 0.2) is 0 Å². The van der Waals surface area contributed by atoms with Crippen molar-refractivity contribution < 1.29 is 4.74 Å². The number of rotatable bonds is 3. The highest BCUT2D eigenvalue weighted by atomic mass is 16.5. The predicted octanol–water partition coefficient (Wildman–Crippen LogP) is 1.30. The highest BCUT2D eigenvalue weighted by Crippen LogP contribution is 2.26. The summed E-state index contributed by atoms with van der Waals surface area (Å²) in [6, 6.07) is 0. The second-order valence-corrected chi connectivity index (χ2v) is 4.29. The van der Waals surface area contributed by atoms with Crippen molar-refractivity contribution in [3.8, 4) is 0 Å². The topological polar surface area (TPSA) is 15.7 Å². The lowest BCUT2D eigenvalue weighted by atomic mass is 10.0. The van der Waals surface area contributed by atoms with Crippen molar-refractivity contribution in [1.29, 1.82) is 0 Å². The molecule has 0 amide bonds. The Balaban J connectivity index is 2.01. The molecule has 16 heavy (non-hydrogen) atoms. The fraction of sp³-hybridized carbons (Fsp3) is 0.615. The Labute approximate surface area is 98.4 Å². The molecule has 1 atom stereocenters. The van der Waals surface area contributed by atoms with E-state index in [-0.39, 0.29) is 5.72 Å². The molecule has 2 aliphatic rings. The van der Waals surface area contributed by atoms with Gasteiger partial charge in [0.25, 0.3) is 0 Å². The zero-order valence-corrected chi connectivity index (χ0v) is 10.2. The number of nitrogens with zero attached hydrogens (tertiary/aromatic N) is 2. The molecular formula is C13H21N2O. The largest absolute Gasteiger partial charge is 0.359 e. The molecule has 3 nitrogen and oxygen atoms in total. The van der Waals surface area contributed by atoms with Gasteiger partial charge in [-0.2, -0.15) is 0 Å². The smallest absolute Gasteiger partial charge is 0.147 e. The average molecular weight is 221 g/mol. The maximum absolute atomic E-state index is 5.70. The van der Waals surface area contributed by atoms with Gasteiger partial charge in [-0.15, -0.1) is 0 Å². The minimum atomic E-state index is -0.311. The number of piperazine rings is 1. The van der Waals surface area contributed by atoms with Gasteiger partial charge in [0.1, 0.15) is 5.72 Å². The van der Waals surface area contributed by atoms with Crippen molar-refractivity contribution in [2.45, 2.75) is 12.6 Å². The van der Waals surface area contributed by atoms with Gasteiger partial charge in [0.2, 0.25) is 0 Å². The van der Waals surface area contributed by atoms with Crippen LogP contribution in [0, 0.1) is 6.42 Å². The Morgan fingerprint density at radius 3 is 2.38 bits per heavy atom. The minimum Gasteiger partial charge on any atom is -0.359 e. The fourth-order valence-corrected chi connectivity index (χ4v) is 2.40. The zero-order valence-electron chi connectivity index (χ0n) is 10.2. The van der Waals surface area contributed by atoms with Crippen LogP contribution in [0.5, 0.6) is 0 Å². The van der Waals surface area contributed by atoms with Crippen molar-refractivity contribution in [2.75, 3.05) is 39.8 Å². The van der Waals surface area contributed by atoms with Crippen LogP contribution in [0.1, 0.15) is 6.92 Å². The third kappa shape index (κ3) is 2.21. The average Bonchev–Trinajstić information content (AvgIpc) is 2.39. The first-order valence-corrected chi connectivity index (χ1v) is 6.03. The van der Waals surface area contributed by atoms with Crippen LogP contribution in [-0.4, -0.2) is 55.4 Å². The number of hydrogen-bond acceptors (Lipinski definition) is 3. The minimum absolute atomic E-state index is 0.311. The van der Waals surface area contributed by atoms with E-state index >= 15 is 0 Å². The van der Waals surface area contributed by atoms with Gasteiger partial charge in [-0.3, -0.25) is 4.90 Å². The van der Waals surface area contributed by atoms with E-state index in [1.165, 1.54) is 0 Å². The summed E-state index contributed by atoms with van der Waals surface area (Å²) >= 11 is 0. The molecule has 0 aromatic rings. The van der Waals surface area contributed by atoms with Crippen molar-refractivity contribution in [3.05, 3.63) is 30.7 Å². The van der Waals surface area contributed by atoms with E-state index in [9.17, 15) is 0 Å². The molecule has 1 unspecified atom stereocenters. The number of likely N-dealkylation sites (N-methyl/N-ethyl adjacent to an activating group) is 1. The maximum atomic E-state index is 5.70. The molecule has 1 aliphatic heterocycles. The molecule has 89 valence electrons. The van der Waals surface area contributed by atoms with Gasteiger partial charge in [0.05, 0.1) is 0 Å². The van der Waals surface area contributed by atoms with Gasteiger partial charge in [0, 0.05) is 39.7 Å². The first kappa shape index (κ1) is 11.8. The van der Waals surface area contributed by atoms with Gasteiger partial charge in [-0.1, -0.05) is 25.2 Å². The van der Waals surface area contributed by atoms with Crippen LogP contribution in [-0.2, 0) is 4.74 Å². The maximum Gasteiger partial charge on any atom is 0.147 e. The van der Waals surface area contributed by atoms with Crippen LogP contribution in [0.4, 0.5) is 0 Å². The van der Waals surface area contributed by atoms with Crippen LogP contribution in [0.3, 0.4) is 0 Å². The highest BCUT2D eigenvalue weighted by Gasteiger charge is 2.36.